The highest BCUT2D eigenvalue weighted by atomic mass is 32.1. The van der Waals surface area contributed by atoms with Gasteiger partial charge in [0, 0.05) is 6.42 Å². The molecule has 0 saturated heterocycles. The van der Waals surface area contributed by atoms with Gasteiger partial charge in [-0.15, -0.1) is 3.98 Å². The van der Waals surface area contributed by atoms with E-state index in [1.807, 2.05) is 3.98 Å². The van der Waals surface area contributed by atoms with E-state index in [4.69, 9.17) is 0 Å². The van der Waals surface area contributed by atoms with Gasteiger partial charge < -0.3 is 0 Å². The van der Waals surface area contributed by atoms with Crippen LogP contribution in [0, 0.1) is 0 Å². The summed E-state index contributed by atoms with van der Waals surface area (Å²) in [6.45, 7) is 0.777. The number of aliphatic imine (C=N–C) groups is 1. The normalized spacial score (nSPS) is 19.4. The molecule has 3 rings (SSSR count). The lowest BCUT2D eigenvalue weighted by atomic mass is 10.0. The van der Waals surface area contributed by atoms with E-state index in [-0.39, 0.29) is 0 Å². The fourth-order valence-electron chi connectivity index (χ4n) is 1.92. The minimum absolute atomic E-state index is 0.777. The fraction of sp³-hybridized carbons (Fsp3) is 0.273. The van der Waals surface area contributed by atoms with E-state index < -0.39 is 0 Å². The summed E-state index contributed by atoms with van der Waals surface area (Å²) >= 11 is 6.32. The highest BCUT2D eigenvalue weighted by Gasteiger charge is 2.27. The molecule has 0 amide bonds. The van der Waals surface area contributed by atoms with E-state index >= 15 is 0 Å². The smallest absolute Gasteiger partial charge is 0.274 e. The number of thiol groups is 1. The summed E-state index contributed by atoms with van der Waals surface area (Å²) in [5.41, 5.74) is 3.61. The molecule has 0 N–H and O–H groups in total. The first-order valence-corrected chi connectivity index (χ1v) is 6.27. The fourth-order valence-corrected chi connectivity index (χ4v) is 3.25. The van der Waals surface area contributed by atoms with Crippen LogP contribution in [-0.2, 0) is 6.54 Å². The molecule has 15 heavy (non-hydrogen) atoms. The minimum Gasteiger partial charge on any atom is -0.274 e. The predicted octanol–water partition coefficient (Wildman–Crippen LogP) is 2.98. The molecule has 76 valence electrons. The third kappa shape index (κ3) is 1.48. The van der Waals surface area contributed by atoms with E-state index in [2.05, 4.69) is 41.4 Å². The lowest BCUT2D eigenvalue weighted by molar-refractivity contribution is -0.227. The van der Waals surface area contributed by atoms with Gasteiger partial charge in [0.15, 0.2) is 0 Å². The van der Waals surface area contributed by atoms with Crippen molar-refractivity contribution < 1.29 is 3.98 Å². The third-order valence-corrected chi connectivity index (χ3v) is 4.23. The molecule has 0 spiro atoms. The molecule has 0 bridgehead atoms. The quantitative estimate of drug-likeness (QED) is 0.525. The number of thiophene rings is 1. The van der Waals surface area contributed by atoms with Crippen LogP contribution in [0.2, 0.25) is 0 Å². The summed E-state index contributed by atoms with van der Waals surface area (Å²) < 4.78 is 2.01. The highest BCUT2D eigenvalue weighted by molar-refractivity contribution is 7.74. The van der Waals surface area contributed by atoms with Gasteiger partial charge in [0.2, 0.25) is 5.71 Å². The summed E-state index contributed by atoms with van der Waals surface area (Å²) in [7, 11) is 0. The molecule has 0 aromatic carbocycles. The van der Waals surface area contributed by atoms with Gasteiger partial charge >= 0.3 is 0 Å². The van der Waals surface area contributed by atoms with Crippen molar-refractivity contribution in [1.29, 1.82) is 0 Å². The van der Waals surface area contributed by atoms with Crippen molar-refractivity contribution in [2.75, 3.05) is 0 Å². The maximum Gasteiger partial charge on any atom is 0.280 e. The molecular weight excluding hydrogens is 224 g/mol. The first-order valence-electron chi connectivity index (χ1n) is 4.99. The van der Waals surface area contributed by atoms with Gasteiger partial charge in [0.25, 0.3) is 5.00 Å². The van der Waals surface area contributed by atoms with Gasteiger partial charge in [-0.1, -0.05) is 17.4 Å². The third-order valence-electron chi connectivity index (χ3n) is 2.71. The molecule has 1 aliphatic heterocycles. The average Bonchev–Trinajstić information content (AvgIpc) is 2.69. The Bertz CT molecular complexity index is 494. The summed E-state index contributed by atoms with van der Waals surface area (Å²) in [5.74, 6) is 0. The van der Waals surface area contributed by atoms with Gasteiger partial charge in [0.1, 0.15) is 18.5 Å². The molecule has 1 aliphatic carbocycles. The largest absolute Gasteiger partial charge is 0.280 e. The molecule has 2 aliphatic rings. The zero-order valence-electron chi connectivity index (χ0n) is 8.18. The number of nitrogens with zero attached hydrogens (tertiary/aromatic N) is 2. The summed E-state index contributed by atoms with van der Waals surface area (Å²) in [6, 6.07) is 2.13. The zero-order chi connectivity index (χ0) is 10.3. The minimum atomic E-state index is 0.777. The second-order valence-electron chi connectivity index (χ2n) is 3.65. The Morgan fingerprint density at radius 2 is 2.40 bits per heavy atom. The Kier molecular flexibility index (Phi) is 2.25. The Morgan fingerprint density at radius 3 is 3.33 bits per heavy atom. The van der Waals surface area contributed by atoms with Gasteiger partial charge in [-0.25, -0.2) is 0 Å². The van der Waals surface area contributed by atoms with Crippen molar-refractivity contribution in [2.24, 2.45) is 4.99 Å². The SMILES string of the molecule is S[N+]1=C2CCC=CC2=NCc2ccsc21. The van der Waals surface area contributed by atoms with Crippen molar-refractivity contribution in [1.82, 2.24) is 0 Å². The molecule has 0 fully saturated rings. The number of hydrogen-bond acceptors (Lipinski definition) is 3. The van der Waals surface area contributed by atoms with Crippen LogP contribution in [0.3, 0.4) is 0 Å². The van der Waals surface area contributed by atoms with E-state index in [1.165, 1.54) is 16.3 Å². The molecule has 0 saturated carbocycles. The van der Waals surface area contributed by atoms with Gasteiger partial charge in [-0.05, 0) is 23.9 Å². The van der Waals surface area contributed by atoms with Crippen LogP contribution in [0.5, 0.6) is 0 Å². The Morgan fingerprint density at radius 1 is 1.47 bits per heavy atom. The highest BCUT2D eigenvalue weighted by Crippen LogP contribution is 2.31. The Balaban J connectivity index is 2.22. The number of fused-ring (bicyclic) bond motifs is 2. The monoisotopic (exact) mass is 235 g/mol. The Labute approximate surface area is 98.2 Å². The van der Waals surface area contributed by atoms with Crippen molar-refractivity contribution >= 4 is 40.6 Å². The maximum absolute atomic E-state index is 4.62. The first-order chi connectivity index (χ1) is 7.36. The summed E-state index contributed by atoms with van der Waals surface area (Å²) in [5, 5.41) is 3.33. The van der Waals surface area contributed by atoms with Crippen molar-refractivity contribution in [2.45, 2.75) is 19.4 Å². The lowest BCUT2D eigenvalue weighted by Crippen LogP contribution is -2.20. The van der Waals surface area contributed by atoms with Crippen LogP contribution in [0.25, 0.3) is 0 Å². The van der Waals surface area contributed by atoms with Gasteiger partial charge in [-0.3, -0.25) is 4.99 Å². The molecule has 0 radical (unpaired) electrons. The molecule has 2 nitrogen and oxygen atoms in total. The second-order valence-corrected chi connectivity index (χ2v) is 4.95. The maximum atomic E-state index is 4.62. The van der Waals surface area contributed by atoms with Crippen LogP contribution >= 0.6 is 24.2 Å². The van der Waals surface area contributed by atoms with E-state index in [0.717, 1.165) is 25.1 Å². The number of hydrogen-bond donors (Lipinski definition) is 1. The van der Waals surface area contributed by atoms with E-state index in [1.54, 1.807) is 11.3 Å². The second kappa shape index (κ2) is 3.61. The van der Waals surface area contributed by atoms with Crippen LogP contribution in [0.1, 0.15) is 18.4 Å². The number of allylic oxidation sites excluding steroid dienone is 2. The molecular formula is C11H11N2S2+. The van der Waals surface area contributed by atoms with Gasteiger partial charge in [-0.2, -0.15) is 0 Å². The summed E-state index contributed by atoms with van der Waals surface area (Å²) in [4.78, 5) is 4.62. The molecule has 0 unspecified atom stereocenters. The van der Waals surface area contributed by atoms with Crippen molar-refractivity contribution in [3.63, 3.8) is 0 Å². The molecule has 1 aromatic rings. The number of rotatable bonds is 0. The lowest BCUT2D eigenvalue weighted by Gasteiger charge is -2.05. The molecule has 1 aromatic heterocycles. The van der Waals surface area contributed by atoms with Crippen molar-refractivity contribution in [3.8, 4) is 0 Å². The zero-order valence-corrected chi connectivity index (χ0v) is 9.89. The Hall–Kier alpha value is -0.870. The van der Waals surface area contributed by atoms with E-state index in [0.29, 0.717) is 0 Å². The average molecular weight is 235 g/mol. The van der Waals surface area contributed by atoms with Crippen LogP contribution in [-0.4, -0.2) is 15.4 Å². The van der Waals surface area contributed by atoms with Crippen molar-refractivity contribution in [3.05, 3.63) is 29.2 Å². The van der Waals surface area contributed by atoms with Crippen LogP contribution < -0.4 is 0 Å². The topological polar surface area (TPSA) is 15.4 Å². The van der Waals surface area contributed by atoms with Gasteiger partial charge in [0.05, 0.1) is 12.1 Å². The van der Waals surface area contributed by atoms with E-state index in [9.17, 15) is 0 Å². The van der Waals surface area contributed by atoms with Crippen LogP contribution in [0.4, 0.5) is 5.00 Å². The predicted molar refractivity (Wildman–Crippen MR) is 67.7 cm³/mol. The standard InChI is InChI=1S/C11H11N2S2/c14-13-10-4-2-1-3-9(10)12-7-8-5-6-15-11(8)13/h1,3,5-6,14H,2,4,7H2/q+1. The van der Waals surface area contributed by atoms with Crippen LogP contribution in [0.15, 0.2) is 28.6 Å². The summed E-state index contributed by atoms with van der Waals surface area (Å²) in [6.07, 6.45) is 6.42. The first kappa shape index (κ1) is 9.36. The molecule has 4 heteroatoms. The molecule has 2 heterocycles. The molecule has 0 atom stereocenters.